The maximum Gasteiger partial charge on any atom is 0.149 e. The molecular weight excluding hydrogens is 376 g/mol. The molecule has 0 aliphatic heterocycles. The molecule has 0 aromatic heterocycles. The van der Waals surface area contributed by atoms with Crippen LogP contribution in [-0.4, -0.2) is 15.2 Å². The number of Topliss-reactive ketones (excluding diaryl/α,β-unsaturated/α-hetero) is 1. The lowest BCUT2D eigenvalue weighted by Crippen LogP contribution is -2.33. The molecular formula is C26H40O2S. The van der Waals surface area contributed by atoms with Gasteiger partial charge in [-0.3, -0.25) is 9.00 Å². The molecule has 0 heterocycles. The fourth-order valence-electron chi connectivity index (χ4n) is 5.41. The minimum absolute atomic E-state index is 0.247. The van der Waals surface area contributed by atoms with Gasteiger partial charge >= 0.3 is 0 Å². The fraction of sp³-hybridized carbons (Fsp3) is 0.731. The van der Waals surface area contributed by atoms with Gasteiger partial charge in [0.1, 0.15) is 11.0 Å². The Morgan fingerprint density at radius 1 is 0.828 bits per heavy atom. The van der Waals surface area contributed by atoms with Crippen molar-refractivity contribution in [1.82, 2.24) is 0 Å². The molecule has 0 saturated heterocycles. The van der Waals surface area contributed by atoms with E-state index in [-0.39, 0.29) is 11.0 Å². The third-order valence-electron chi connectivity index (χ3n) is 7.20. The summed E-state index contributed by atoms with van der Waals surface area (Å²) in [6, 6.07) is 4.53. The van der Waals surface area contributed by atoms with Crippen LogP contribution in [0.3, 0.4) is 0 Å². The Morgan fingerprint density at radius 3 is 1.86 bits per heavy atom. The van der Waals surface area contributed by atoms with Gasteiger partial charge in [-0.1, -0.05) is 85.8 Å². The van der Waals surface area contributed by atoms with Gasteiger partial charge in [0, 0.05) is 11.3 Å². The summed E-state index contributed by atoms with van der Waals surface area (Å²) in [5.41, 5.74) is 3.71. The highest BCUT2D eigenvalue weighted by molar-refractivity contribution is 7.86. The van der Waals surface area contributed by atoms with Gasteiger partial charge in [-0.25, -0.2) is 0 Å². The minimum atomic E-state index is -1.26. The summed E-state index contributed by atoms with van der Waals surface area (Å²) in [4.78, 5) is 14.0. The molecule has 3 atom stereocenters. The molecule has 0 bridgehead atoms. The number of hydrogen-bond acceptors (Lipinski definition) is 2. The lowest BCUT2D eigenvalue weighted by atomic mass is 9.79. The van der Waals surface area contributed by atoms with Crippen LogP contribution < -0.4 is 0 Å². The van der Waals surface area contributed by atoms with Gasteiger partial charge in [-0.15, -0.1) is 0 Å². The van der Waals surface area contributed by atoms with E-state index in [1.165, 1.54) is 48.8 Å². The lowest BCUT2D eigenvalue weighted by Gasteiger charge is -2.32. The van der Waals surface area contributed by atoms with Crippen molar-refractivity contribution >= 4 is 16.6 Å². The van der Waals surface area contributed by atoms with E-state index in [1.807, 2.05) is 0 Å². The molecule has 2 fully saturated rings. The second-order valence-electron chi connectivity index (χ2n) is 10.3. The van der Waals surface area contributed by atoms with Crippen molar-refractivity contribution in [3.8, 4) is 0 Å². The zero-order chi connectivity index (χ0) is 21.3. The first-order valence-electron chi connectivity index (χ1n) is 11.8. The molecule has 3 heteroatoms. The third kappa shape index (κ3) is 4.70. The summed E-state index contributed by atoms with van der Waals surface area (Å²) in [7, 11) is -1.26. The standard InChI is InChI=1S/C26H40O2S/c1-16(2)20-14-22(17(3)4)25(23(15-20)18(5)6)29(28)26-21(12-13-24(26)27)19-10-8-7-9-11-19/h14-19,21,26H,7-13H2,1-6H3/t21-,26-,29?/m1/s1. The van der Waals surface area contributed by atoms with Crippen LogP contribution in [0.15, 0.2) is 17.0 Å². The normalized spacial score (nSPS) is 24.8. The van der Waals surface area contributed by atoms with Crippen LogP contribution in [0.25, 0.3) is 0 Å². The van der Waals surface area contributed by atoms with E-state index >= 15 is 0 Å². The Balaban J connectivity index is 2.07. The highest BCUT2D eigenvalue weighted by Crippen LogP contribution is 2.44. The van der Waals surface area contributed by atoms with Crippen molar-refractivity contribution in [2.24, 2.45) is 11.8 Å². The first-order chi connectivity index (χ1) is 13.7. The van der Waals surface area contributed by atoms with E-state index in [2.05, 4.69) is 53.7 Å². The summed E-state index contributed by atoms with van der Waals surface area (Å²) in [5.74, 6) is 2.19. The third-order valence-corrected chi connectivity index (χ3v) is 9.14. The quantitative estimate of drug-likeness (QED) is 0.496. The molecule has 0 radical (unpaired) electrons. The SMILES string of the molecule is CC(C)c1cc(C(C)C)c(S(=O)[C@H]2C(=O)CC[C@@H]2C2CCCCC2)c(C(C)C)c1. The van der Waals surface area contributed by atoms with E-state index in [0.717, 1.165) is 11.3 Å². The molecule has 0 N–H and O–H groups in total. The number of benzene rings is 1. The molecule has 29 heavy (non-hydrogen) atoms. The van der Waals surface area contributed by atoms with Gasteiger partial charge in [0.2, 0.25) is 0 Å². The summed E-state index contributed by atoms with van der Waals surface area (Å²) >= 11 is 0. The van der Waals surface area contributed by atoms with Crippen molar-refractivity contribution in [2.75, 3.05) is 0 Å². The first kappa shape index (κ1) is 22.7. The average molecular weight is 417 g/mol. The van der Waals surface area contributed by atoms with Crippen LogP contribution in [0.4, 0.5) is 0 Å². The Kier molecular flexibility index (Phi) is 7.41. The van der Waals surface area contributed by atoms with Crippen LogP contribution in [0.2, 0.25) is 0 Å². The maximum atomic E-state index is 14.1. The number of ketones is 1. The first-order valence-corrected chi connectivity index (χ1v) is 13.0. The molecule has 0 amide bonds. The van der Waals surface area contributed by atoms with Crippen molar-refractivity contribution < 1.29 is 9.00 Å². The number of rotatable bonds is 6. The lowest BCUT2D eigenvalue weighted by molar-refractivity contribution is -0.117. The minimum Gasteiger partial charge on any atom is -0.298 e. The molecule has 0 spiro atoms. The molecule has 2 nitrogen and oxygen atoms in total. The summed E-state index contributed by atoms with van der Waals surface area (Å²) < 4.78 is 14.1. The van der Waals surface area contributed by atoms with E-state index < -0.39 is 10.8 Å². The summed E-state index contributed by atoms with van der Waals surface area (Å²) in [6.45, 7) is 13.2. The summed E-state index contributed by atoms with van der Waals surface area (Å²) in [5, 5.41) is -0.294. The van der Waals surface area contributed by atoms with Crippen LogP contribution >= 0.6 is 0 Å². The van der Waals surface area contributed by atoms with Crippen molar-refractivity contribution in [3.63, 3.8) is 0 Å². The van der Waals surface area contributed by atoms with E-state index in [4.69, 9.17) is 0 Å². The molecule has 2 aliphatic rings. The highest BCUT2D eigenvalue weighted by Gasteiger charge is 2.44. The Labute approximate surface area is 180 Å². The predicted octanol–water partition coefficient (Wildman–Crippen LogP) is 7.09. The second kappa shape index (κ2) is 9.45. The van der Waals surface area contributed by atoms with Crippen LogP contribution in [0.1, 0.15) is 121 Å². The molecule has 2 saturated carbocycles. The van der Waals surface area contributed by atoms with Gasteiger partial charge in [-0.05, 0) is 52.7 Å². The monoisotopic (exact) mass is 416 g/mol. The van der Waals surface area contributed by atoms with Crippen molar-refractivity contribution in [3.05, 3.63) is 28.8 Å². The van der Waals surface area contributed by atoms with Crippen molar-refractivity contribution in [1.29, 1.82) is 0 Å². The number of carbonyl (C=O) groups excluding carboxylic acids is 1. The van der Waals surface area contributed by atoms with Crippen LogP contribution in [0, 0.1) is 11.8 Å². The molecule has 1 unspecified atom stereocenters. The number of hydrogen-bond donors (Lipinski definition) is 0. The largest absolute Gasteiger partial charge is 0.298 e. The molecule has 162 valence electrons. The van der Waals surface area contributed by atoms with Crippen LogP contribution in [-0.2, 0) is 15.6 Å². The zero-order valence-electron chi connectivity index (χ0n) is 19.3. The molecule has 3 rings (SSSR count). The van der Waals surface area contributed by atoms with E-state index in [9.17, 15) is 9.00 Å². The van der Waals surface area contributed by atoms with Gasteiger partial charge < -0.3 is 0 Å². The second-order valence-corrected chi connectivity index (χ2v) is 11.8. The van der Waals surface area contributed by atoms with E-state index in [1.54, 1.807) is 0 Å². The predicted molar refractivity (Wildman–Crippen MR) is 123 cm³/mol. The van der Waals surface area contributed by atoms with Crippen molar-refractivity contribution in [2.45, 2.75) is 114 Å². The molecule has 2 aliphatic carbocycles. The average Bonchev–Trinajstić information content (AvgIpc) is 3.08. The Morgan fingerprint density at radius 2 is 1.38 bits per heavy atom. The molecule has 1 aromatic rings. The fourth-order valence-corrected chi connectivity index (χ4v) is 7.75. The van der Waals surface area contributed by atoms with Gasteiger partial charge in [0.05, 0.1) is 10.8 Å². The van der Waals surface area contributed by atoms with E-state index in [0.29, 0.717) is 36.0 Å². The summed E-state index contributed by atoms with van der Waals surface area (Å²) in [6.07, 6.45) is 7.85. The maximum absolute atomic E-state index is 14.1. The van der Waals surface area contributed by atoms with Gasteiger partial charge in [0.25, 0.3) is 0 Å². The van der Waals surface area contributed by atoms with Gasteiger partial charge in [-0.2, -0.15) is 0 Å². The Hall–Kier alpha value is -0.960. The topological polar surface area (TPSA) is 34.1 Å². The van der Waals surface area contributed by atoms with Gasteiger partial charge in [0.15, 0.2) is 0 Å². The van der Waals surface area contributed by atoms with Crippen LogP contribution in [0.5, 0.6) is 0 Å². The Bertz CT molecular complexity index is 727. The smallest absolute Gasteiger partial charge is 0.149 e. The molecule has 1 aromatic carbocycles. The number of carbonyl (C=O) groups is 1. The zero-order valence-corrected chi connectivity index (χ0v) is 20.1. The highest BCUT2D eigenvalue weighted by atomic mass is 32.2.